The standard InChI is InChI=1S/C10H14N2O/c1-11-10(13)6-5-9-12-7-3-2-4-8-12/h2-4,7-8H,5-6,9H2,1H3/p+1. The molecule has 0 aromatic carbocycles. The summed E-state index contributed by atoms with van der Waals surface area (Å²) in [6, 6.07) is 5.95. The van der Waals surface area contributed by atoms with E-state index in [9.17, 15) is 4.79 Å². The highest BCUT2D eigenvalue weighted by molar-refractivity contribution is 5.75. The minimum absolute atomic E-state index is 0.108. The molecule has 1 aromatic rings. The van der Waals surface area contributed by atoms with Crippen molar-refractivity contribution >= 4 is 5.91 Å². The molecule has 70 valence electrons. The van der Waals surface area contributed by atoms with Crippen LogP contribution in [0.5, 0.6) is 0 Å². The van der Waals surface area contributed by atoms with E-state index in [2.05, 4.69) is 9.88 Å². The van der Waals surface area contributed by atoms with Crippen molar-refractivity contribution in [3.8, 4) is 0 Å². The van der Waals surface area contributed by atoms with Gasteiger partial charge in [-0.15, -0.1) is 0 Å². The molecule has 0 saturated heterocycles. The monoisotopic (exact) mass is 179 g/mol. The second kappa shape index (κ2) is 5.30. The van der Waals surface area contributed by atoms with Crippen LogP contribution in [-0.4, -0.2) is 13.0 Å². The lowest BCUT2D eigenvalue weighted by Crippen LogP contribution is -2.33. The van der Waals surface area contributed by atoms with Crippen LogP contribution in [0.25, 0.3) is 0 Å². The summed E-state index contributed by atoms with van der Waals surface area (Å²) in [5, 5.41) is 2.60. The summed E-state index contributed by atoms with van der Waals surface area (Å²) >= 11 is 0. The molecule has 3 heteroatoms. The van der Waals surface area contributed by atoms with E-state index in [1.165, 1.54) is 0 Å². The van der Waals surface area contributed by atoms with Crippen LogP contribution >= 0.6 is 0 Å². The Labute approximate surface area is 78.4 Å². The first kappa shape index (κ1) is 9.71. The summed E-state index contributed by atoms with van der Waals surface area (Å²) in [5.41, 5.74) is 0. The minimum Gasteiger partial charge on any atom is -0.359 e. The molecule has 1 N–H and O–H groups in total. The smallest absolute Gasteiger partial charge is 0.219 e. The first-order chi connectivity index (χ1) is 6.33. The average molecular weight is 179 g/mol. The van der Waals surface area contributed by atoms with Crippen LogP contribution in [0.3, 0.4) is 0 Å². The first-order valence-electron chi connectivity index (χ1n) is 4.47. The van der Waals surface area contributed by atoms with E-state index in [4.69, 9.17) is 0 Å². The Morgan fingerprint density at radius 3 is 2.62 bits per heavy atom. The molecule has 1 heterocycles. The molecule has 3 nitrogen and oxygen atoms in total. The quantitative estimate of drug-likeness (QED) is 0.671. The molecule has 1 amide bonds. The second-order valence-electron chi connectivity index (χ2n) is 2.89. The minimum atomic E-state index is 0.108. The highest BCUT2D eigenvalue weighted by atomic mass is 16.1. The van der Waals surface area contributed by atoms with E-state index >= 15 is 0 Å². The lowest BCUT2D eigenvalue weighted by molar-refractivity contribution is -0.697. The Hall–Kier alpha value is -1.38. The zero-order valence-corrected chi connectivity index (χ0v) is 7.86. The Morgan fingerprint density at radius 1 is 1.31 bits per heavy atom. The van der Waals surface area contributed by atoms with Crippen LogP contribution < -0.4 is 9.88 Å². The number of nitrogens with one attached hydrogen (secondary N) is 1. The number of aryl methyl sites for hydroxylation is 1. The Kier molecular flexibility index (Phi) is 3.96. The molecule has 0 atom stereocenters. The third kappa shape index (κ3) is 3.69. The fourth-order valence-corrected chi connectivity index (χ4v) is 1.13. The highest BCUT2D eigenvalue weighted by Crippen LogP contribution is 1.88. The lowest BCUT2D eigenvalue weighted by Gasteiger charge is -1.96. The van der Waals surface area contributed by atoms with Gasteiger partial charge in [0.1, 0.15) is 6.54 Å². The van der Waals surface area contributed by atoms with Crippen molar-refractivity contribution in [2.45, 2.75) is 19.4 Å². The summed E-state index contributed by atoms with van der Waals surface area (Å²) in [4.78, 5) is 10.9. The van der Waals surface area contributed by atoms with E-state index in [1.807, 2.05) is 30.6 Å². The summed E-state index contributed by atoms with van der Waals surface area (Å²) in [6.07, 6.45) is 5.49. The van der Waals surface area contributed by atoms with Gasteiger partial charge in [0.15, 0.2) is 12.4 Å². The van der Waals surface area contributed by atoms with Gasteiger partial charge in [0, 0.05) is 32.0 Å². The molecule has 0 radical (unpaired) electrons. The maximum absolute atomic E-state index is 10.9. The SMILES string of the molecule is CNC(=O)CCC[n+]1ccccc1. The second-order valence-corrected chi connectivity index (χ2v) is 2.89. The van der Waals surface area contributed by atoms with E-state index in [-0.39, 0.29) is 5.91 Å². The third-order valence-electron chi connectivity index (χ3n) is 1.88. The Balaban J connectivity index is 2.24. The van der Waals surface area contributed by atoms with Gasteiger partial charge >= 0.3 is 0 Å². The van der Waals surface area contributed by atoms with Gasteiger partial charge in [-0.1, -0.05) is 6.07 Å². The molecule has 1 aromatic heterocycles. The molecule has 0 fully saturated rings. The van der Waals surface area contributed by atoms with Gasteiger partial charge in [0.05, 0.1) is 0 Å². The van der Waals surface area contributed by atoms with Gasteiger partial charge in [-0.25, -0.2) is 4.57 Å². The molecule has 0 unspecified atom stereocenters. The van der Waals surface area contributed by atoms with Crippen molar-refractivity contribution in [3.63, 3.8) is 0 Å². The van der Waals surface area contributed by atoms with E-state index in [0.29, 0.717) is 6.42 Å². The largest absolute Gasteiger partial charge is 0.359 e. The molecule has 0 aliphatic heterocycles. The van der Waals surface area contributed by atoms with Crippen LogP contribution in [0.1, 0.15) is 12.8 Å². The number of rotatable bonds is 4. The van der Waals surface area contributed by atoms with Gasteiger partial charge in [0.25, 0.3) is 0 Å². The molecule has 13 heavy (non-hydrogen) atoms. The van der Waals surface area contributed by atoms with Crippen molar-refractivity contribution in [2.24, 2.45) is 0 Å². The number of amides is 1. The average Bonchev–Trinajstić information content (AvgIpc) is 2.19. The van der Waals surface area contributed by atoms with Crippen molar-refractivity contribution < 1.29 is 9.36 Å². The van der Waals surface area contributed by atoms with E-state index in [1.54, 1.807) is 7.05 Å². The van der Waals surface area contributed by atoms with Crippen LogP contribution in [0.2, 0.25) is 0 Å². The van der Waals surface area contributed by atoms with Crippen molar-refractivity contribution in [2.75, 3.05) is 7.05 Å². The Morgan fingerprint density at radius 2 is 2.00 bits per heavy atom. The number of hydrogen-bond acceptors (Lipinski definition) is 1. The van der Waals surface area contributed by atoms with Gasteiger partial charge in [-0.2, -0.15) is 0 Å². The summed E-state index contributed by atoms with van der Waals surface area (Å²) < 4.78 is 2.07. The van der Waals surface area contributed by atoms with Crippen LogP contribution in [0.4, 0.5) is 0 Å². The number of carbonyl (C=O) groups excluding carboxylic acids is 1. The lowest BCUT2D eigenvalue weighted by atomic mass is 10.3. The zero-order valence-electron chi connectivity index (χ0n) is 7.86. The van der Waals surface area contributed by atoms with Crippen LogP contribution in [0, 0.1) is 0 Å². The number of aromatic nitrogens is 1. The van der Waals surface area contributed by atoms with E-state index in [0.717, 1.165) is 13.0 Å². The van der Waals surface area contributed by atoms with Crippen molar-refractivity contribution in [1.29, 1.82) is 0 Å². The molecular formula is C10H15N2O+. The van der Waals surface area contributed by atoms with Gasteiger partial charge in [0.2, 0.25) is 5.91 Å². The first-order valence-corrected chi connectivity index (χ1v) is 4.47. The predicted octanol–water partition coefficient (Wildman–Crippen LogP) is 0.500. The fourth-order valence-electron chi connectivity index (χ4n) is 1.13. The molecule has 0 saturated carbocycles. The molecule has 1 rings (SSSR count). The fraction of sp³-hybridized carbons (Fsp3) is 0.400. The molecule has 0 aliphatic rings. The third-order valence-corrected chi connectivity index (χ3v) is 1.88. The number of hydrogen-bond donors (Lipinski definition) is 1. The maximum atomic E-state index is 10.9. The topological polar surface area (TPSA) is 33.0 Å². The zero-order chi connectivity index (χ0) is 9.52. The van der Waals surface area contributed by atoms with Gasteiger partial charge in [-0.05, 0) is 0 Å². The summed E-state index contributed by atoms with van der Waals surface area (Å²) in [6.45, 7) is 0.897. The van der Waals surface area contributed by atoms with Crippen LogP contribution in [0.15, 0.2) is 30.6 Å². The van der Waals surface area contributed by atoms with Gasteiger partial charge in [-0.3, -0.25) is 4.79 Å². The van der Waals surface area contributed by atoms with E-state index < -0.39 is 0 Å². The highest BCUT2D eigenvalue weighted by Gasteiger charge is 2.01. The molecular weight excluding hydrogens is 164 g/mol. The summed E-state index contributed by atoms with van der Waals surface area (Å²) in [5.74, 6) is 0.108. The Bertz CT molecular complexity index is 259. The predicted molar refractivity (Wildman–Crippen MR) is 49.9 cm³/mol. The van der Waals surface area contributed by atoms with Gasteiger partial charge < -0.3 is 5.32 Å². The molecule has 0 spiro atoms. The molecule has 0 aliphatic carbocycles. The maximum Gasteiger partial charge on any atom is 0.219 e. The summed E-state index contributed by atoms with van der Waals surface area (Å²) in [7, 11) is 1.66. The van der Waals surface area contributed by atoms with Crippen molar-refractivity contribution in [1.82, 2.24) is 5.32 Å². The number of pyridine rings is 1. The number of carbonyl (C=O) groups is 1. The molecule has 0 bridgehead atoms. The van der Waals surface area contributed by atoms with Crippen molar-refractivity contribution in [3.05, 3.63) is 30.6 Å². The van der Waals surface area contributed by atoms with Crippen LogP contribution in [-0.2, 0) is 11.3 Å². The normalized spacial score (nSPS) is 9.62. The number of nitrogens with zero attached hydrogens (tertiary/aromatic N) is 1.